The van der Waals surface area contributed by atoms with E-state index in [1.807, 2.05) is 38.1 Å². The summed E-state index contributed by atoms with van der Waals surface area (Å²) in [6, 6.07) is 7.38. The van der Waals surface area contributed by atoms with Crippen LogP contribution < -0.4 is 15.2 Å². The molecule has 0 heterocycles. The lowest BCUT2D eigenvalue weighted by atomic mass is 9.76. The molecule has 5 heteroatoms. The van der Waals surface area contributed by atoms with Crippen LogP contribution in [0, 0.1) is 11.8 Å². The number of methoxy groups -OCH3 is 1. The first-order chi connectivity index (χ1) is 10.9. The van der Waals surface area contributed by atoms with E-state index in [0.717, 1.165) is 22.5 Å². The predicted molar refractivity (Wildman–Crippen MR) is 84.4 cm³/mol. The van der Waals surface area contributed by atoms with E-state index in [9.17, 15) is 14.7 Å². The maximum Gasteiger partial charge on any atom is 0.224 e. The Morgan fingerprint density at radius 1 is 1.13 bits per heavy atom. The summed E-state index contributed by atoms with van der Waals surface area (Å²) in [5.41, 5.74) is 3.06. The van der Waals surface area contributed by atoms with Gasteiger partial charge < -0.3 is 20.0 Å². The quantitative estimate of drug-likeness (QED) is 0.833. The molecule has 0 saturated heterocycles. The van der Waals surface area contributed by atoms with Gasteiger partial charge >= 0.3 is 0 Å². The van der Waals surface area contributed by atoms with Gasteiger partial charge in [0.15, 0.2) is 0 Å². The summed E-state index contributed by atoms with van der Waals surface area (Å²) in [5.74, 6) is -1.96. The summed E-state index contributed by atoms with van der Waals surface area (Å²) in [5, 5.41) is 14.2. The summed E-state index contributed by atoms with van der Waals surface area (Å²) in [6.45, 7) is 4.22. The molecular formula is C18H22NO4-. The molecular weight excluding hydrogens is 294 g/mol. The first kappa shape index (κ1) is 17.1. The predicted octanol–water partition coefficient (Wildman–Crippen LogP) is 1.42. The largest absolute Gasteiger partial charge is 0.550 e. The summed E-state index contributed by atoms with van der Waals surface area (Å²) < 4.78 is 5.09. The lowest BCUT2D eigenvalue weighted by Gasteiger charge is -2.32. The zero-order valence-electron chi connectivity index (χ0n) is 13.7. The molecule has 1 aliphatic rings. The highest BCUT2D eigenvalue weighted by Crippen LogP contribution is 2.34. The van der Waals surface area contributed by atoms with Crippen molar-refractivity contribution in [3.8, 4) is 5.75 Å². The smallest absolute Gasteiger partial charge is 0.224 e. The lowest BCUT2D eigenvalue weighted by Crippen LogP contribution is -2.44. The summed E-state index contributed by atoms with van der Waals surface area (Å²) >= 11 is 0. The molecule has 0 unspecified atom stereocenters. The van der Waals surface area contributed by atoms with Crippen LogP contribution in [0.2, 0.25) is 0 Å². The standard InChI is InChI=1S/C18H23NO4/c1-11-8-15(16(18(21)22)9-12(11)2)17(20)19-10-13-4-6-14(23-3)7-5-13/h4-7,15-16H,8-10H2,1-3H3,(H,19,20)(H,21,22)/p-1/t15-,16-/m1/s1. The third-order valence-electron chi connectivity index (χ3n) is 4.53. The molecule has 2 atom stereocenters. The number of carbonyl (C=O) groups is 2. The number of hydrogen-bond donors (Lipinski definition) is 1. The van der Waals surface area contributed by atoms with Gasteiger partial charge in [0, 0.05) is 24.3 Å². The number of carboxylic acids is 1. The van der Waals surface area contributed by atoms with Gasteiger partial charge in [-0.2, -0.15) is 0 Å². The van der Waals surface area contributed by atoms with E-state index in [0.29, 0.717) is 19.4 Å². The molecule has 1 N–H and O–H groups in total. The van der Waals surface area contributed by atoms with Crippen LogP contribution in [0.5, 0.6) is 5.75 Å². The number of rotatable bonds is 5. The first-order valence-electron chi connectivity index (χ1n) is 7.69. The Labute approximate surface area is 136 Å². The van der Waals surface area contributed by atoms with Crippen LogP contribution in [-0.2, 0) is 16.1 Å². The second kappa shape index (κ2) is 7.31. The molecule has 124 valence electrons. The van der Waals surface area contributed by atoms with E-state index in [1.54, 1.807) is 7.11 Å². The molecule has 0 fully saturated rings. The van der Waals surface area contributed by atoms with Crippen molar-refractivity contribution >= 4 is 11.9 Å². The number of nitrogens with one attached hydrogen (secondary N) is 1. The molecule has 2 rings (SSSR count). The van der Waals surface area contributed by atoms with Crippen molar-refractivity contribution in [2.75, 3.05) is 7.11 Å². The number of hydrogen-bond acceptors (Lipinski definition) is 4. The maximum absolute atomic E-state index is 12.4. The lowest BCUT2D eigenvalue weighted by molar-refractivity contribution is -0.313. The fourth-order valence-electron chi connectivity index (χ4n) is 2.88. The van der Waals surface area contributed by atoms with Crippen LogP contribution >= 0.6 is 0 Å². The molecule has 0 radical (unpaired) electrons. The van der Waals surface area contributed by atoms with Crippen molar-refractivity contribution in [2.45, 2.75) is 33.2 Å². The van der Waals surface area contributed by atoms with Crippen molar-refractivity contribution in [1.82, 2.24) is 5.32 Å². The Bertz CT molecular complexity index is 618. The minimum absolute atomic E-state index is 0.234. The number of carboxylic acid groups (broad SMARTS) is 1. The molecule has 0 saturated carbocycles. The number of allylic oxidation sites excluding steroid dienone is 2. The van der Waals surface area contributed by atoms with Crippen molar-refractivity contribution < 1.29 is 19.4 Å². The van der Waals surface area contributed by atoms with Gasteiger partial charge in [-0.15, -0.1) is 0 Å². The zero-order chi connectivity index (χ0) is 17.0. The monoisotopic (exact) mass is 316 g/mol. The topological polar surface area (TPSA) is 78.5 Å². The molecule has 5 nitrogen and oxygen atoms in total. The Balaban J connectivity index is 2.02. The van der Waals surface area contributed by atoms with Crippen LogP contribution in [0.25, 0.3) is 0 Å². The van der Waals surface area contributed by atoms with Crippen molar-refractivity contribution in [1.29, 1.82) is 0 Å². The minimum atomic E-state index is -1.15. The maximum atomic E-state index is 12.4. The number of aliphatic carboxylic acids is 1. The number of carbonyl (C=O) groups excluding carboxylic acids is 2. The third-order valence-corrected chi connectivity index (χ3v) is 4.53. The highest BCUT2D eigenvalue weighted by atomic mass is 16.5. The molecule has 0 aromatic heterocycles. The summed E-state index contributed by atoms with van der Waals surface area (Å²) in [6.07, 6.45) is 0.855. The van der Waals surface area contributed by atoms with Gasteiger partial charge in [0.1, 0.15) is 5.75 Å². The van der Waals surface area contributed by atoms with E-state index in [1.165, 1.54) is 0 Å². The first-order valence-corrected chi connectivity index (χ1v) is 7.69. The average Bonchev–Trinajstić information content (AvgIpc) is 2.55. The second-order valence-corrected chi connectivity index (χ2v) is 6.07. The number of ether oxygens (including phenoxy) is 1. The normalized spacial score (nSPS) is 21.0. The molecule has 1 aromatic rings. The van der Waals surface area contributed by atoms with Crippen LogP contribution in [-0.4, -0.2) is 19.0 Å². The third kappa shape index (κ3) is 4.12. The Morgan fingerprint density at radius 2 is 1.70 bits per heavy atom. The van der Waals surface area contributed by atoms with Crippen molar-refractivity contribution in [2.24, 2.45) is 11.8 Å². The zero-order valence-corrected chi connectivity index (χ0v) is 13.7. The van der Waals surface area contributed by atoms with Crippen LogP contribution in [0.1, 0.15) is 32.3 Å². The summed E-state index contributed by atoms with van der Waals surface area (Å²) in [7, 11) is 1.60. The van der Waals surface area contributed by atoms with Gasteiger partial charge in [-0.25, -0.2) is 0 Å². The second-order valence-electron chi connectivity index (χ2n) is 6.07. The molecule has 1 aromatic carbocycles. The highest BCUT2D eigenvalue weighted by Gasteiger charge is 2.33. The molecule has 0 spiro atoms. The Hall–Kier alpha value is -2.30. The van der Waals surface area contributed by atoms with Gasteiger partial charge in [0.05, 0.1) is 7.11 Å². The van der Waals surface area contributed by atoms with Gasteiger partial charge in [0.25, 0.3) is 0 Å². The van der Waals surface area contributed by atoms with Gasteiger partial charge in [-0.1, -0.05) is 23.3 Å². The Kier molecular flexibility index (Phi) is 5.42. The van der Waals surface area contributed by atoms with Crippen LogP contribution in [0.15, 0.2) is 35.4 Å². The Morgan fingerprint density at radius 3 is 2.22 bits per heavy atom. The van der Waals surface area contributed by atoms with E-state index in [4.69, 9.17) is 4.74 Å². The van der Waals surface area contributed by atoms with E-state index < -0.39 is 17.8 Å². The van der Waals surface area contributed by atoms with Crippen molar-refractivity contribution in [3.63, 3.8) is 0 Å². The molecule has 1 aliphatic carbocycles. The van der Waals surface area contributed by atoms with Crippen molar-refractivity contribution in [3.05, 3.63) is 41.0 Å². The minimum Gasteiger partial charge on any atom is -0.550 e. The SMILES string of the molecule is COc1ccc(CNC(=O)[C@@H]2CC(C)=C(C)C[C@H]2C(=O)[O-])cc1. The van der Waals surface area contributed by atoms with Gasteiger partial charge in [0.2, 0.25) is 5.91 Å². The number of amides is 1. The van der Waals surface area contributed by atoms with Gasteiger partial charge in [-0.3, -0.25) is 4.79 Å². The molecule has 0 bridgehead atoms. The van der Waals surface area contributed by atoms with Crippen LogP contribution in [0.3, 0.4) is 0 Å². The molecule has 23 heavy (non-hydrogen) atoms. The van der Waals surface area contributed by atoms with E-state index >= 15 is 0 Å². The average molecular weight is 316 g/mol. The molecule has 0 aliphatic heterocycles. The number of benzene rings is 1. The summed E-state index contributed by atoms with van der Waals surface area (Å²) in [4.78, 5) is 23.8. The van der Waals surface area contributed by atoms with E-state index in [-0.39, 0.29) is 5.91 Å². The highest BCUT2D eigenvalue weighted by molar-refractivity contribution is 5.85. The fourth-order valence-corrected chi connectivity index (χ4v) is 2.88. The van der Waals surface area contributed by atoms with Gasteiger partial charge in [-0.05, 0) is 44.4 Å². The van der Waals surface area contributed by atoms with E-state index in [2.05, 4.69) is 5.32 Å². The van der Waals surface area contributed by atoms with Crippen LogP contribution in [0.4, 0.5) is 0 Å². The molecule has 1 amide bonds. The fraction of sp³-hybridized carbons (Fsp3) is 0.444.